The molecule has 0 N–H and O–H groups in total. The number of thioether (sulfide) groups is 1. The van der Waals surface area contributed by atoms with Gasteiger partial charge in [-0.1, -0.05) is 42.1 Å². The Bertz CT molecular complexity index is 453. The molecule has 1 aliphatic rings. The Balaban J connectivity index is 1.78. The zero-order chi connectivity index (χ0) is 12.1. The maximum atomic E-state index is 11.3. The van der Waals surface area contributed by atoms with E-state index in [0.29, 0.717) is 11.5 Å². The minimum absolute atomic E-state index is 0.101. The molecule has 0 saturated heterocycles. The molecular formula is C12H10O4S. The highest BCUT2D eigenvalue weighted by atomic mass is 32.2. The molecule has 4 nitrogen and oxygen atoms in total. The minimum atomic E-state index is -0.782. The van der Waals surface area contributed by atoms with Crippen molar-refractivity contribution in [3.8, 4) is 0 Å². The SMILES string of the molecule is O=C(OCc1ccccc1)OC1=CC(=O)SC1. The first-order chi connectivity index (χ1) is 8.24. The van der Waals surface area contributed by atoms with Crippen molar-refractivity contribution in [2.75, 3.05) is 5.75 Å². The fourth-order valence-electron chi connectivity index (χ4n) is 1.27. The van der Waals surface area contributed by atoms with Crippen LogP contribution >= 0.6 is 11.8 Å². The van der Waals surface area contributed by atoms with Crippen LogP contribution < -0.4 is 0 Å². The first-order valence-electron chi connectivity index (χ1n) is 5.00. The highest BCUT2D eigenvalue weighted by molar-refractivity contribution is 8.14. The average Bonchev–Trinajstić information content (AvgIpc) is 2.73. The molecule has 0 radical (unpaired) electrons. The van der Waals surface area contributed by atoms with Crippen molar-refractivity contribution >= 4 is 23.0 Å². The molecule has 0 atom stereocenters. The molecular weight excluding hydrogens is 240 g/mol. The van der Waals surface area contributed by atoms with Crippen LogP contribution in [0.2, 0.25) is 0 Å². The summed E-state index contributed by atoms with van der Waals surface area (Å²) in [7, 11) is 0. The van der Waals surface area contributed by atoms with E-state index in [1.54, 1.807) is 0 Å². The third-order valence-electron chi connectivity index (χ3n) is 2.05. The molecule has 2 rings (SSSR count). The summed E-state index contributed by atoms with van der Waals surface area (Å²) < 4.78 is 9.76. The molecule has 17 heavy (non-hydrogen) atoms. The first-order valence-corrected chi connectivity index (χ1v) is 5.98. The first kappa shape index (κ1) is 11.7. The second-order valence-corrected chi connectivity index (χ2v) is 4.32. The van der Waals surface area contributed by atoms with Gasteiger partial charge >= 0.3 is 6.16 Å². The molecule has 0 aromatic heterocycles. The number of ether oxygens (including phenoxy) is 2. The number of benzene rings is 1. The van der Waals surface area contributed by atoms with Crippen molar-refractivity contribution in [1.82, 2.24) is 0 Å². The number of rotatable bonds is 3. The highest BCUT2D eigenvalue weighted by Crippen LogP contribution is 2.20. The van der Waals surface area contributed by atoms with Crippen molar-refractivity contribution in [2.24, 2.45) is 0 Å². The van der Waals surface area contributed by atoms with Crippen molar-refractivity contribution in [1.29, 1.82) is 0 Å². The van der Waals surface area contributed by atoms with E-state index in [-0.39, 0.29) is 11.7 Å². The summed E-state index contributed by atoms with van der Waals surface area (Å²) in [5, 5.41) is -0.101. The van der Waals surface area contributed by atoms with Gasteiger partial charge in [0.25, 0.3) is 0 Å². The standard InChI is InChI=1S/C12H10O4S/c13-11-6-10(8-17-11)16-12(14)15-7-9-4-2-1-3-5-9/h1-6H,7-8H2. The van der Waals surface area contributed by atoms with Crippen LogP contribution in [0.5, 0.6) is 0 Å². The molecule has 1 heterocycles. The summed E-state index contributed by atoms with van der Waals surface area (Å²) in [6.07, 6.45) is 0.518. The predicted molar refractivity (Wildman–Crippen MR) is 63.3 cm³/mol. The van der Waals surface area contributed by atoms with E-state index in [1.807, 2.05) is 30.3 Å². The molecule has 0 unspecified atom stereocenters. The Hall–Kier alpha value is -1.75. The molecule has 0 spiro atoms. The maximum absolute atomic E-state index is 11.3. The third kappa shape index (κ3) is 3.64. The van der Waals surface area contributed by atoms with E-state index in [9.17, 15) is 9.59 Å². The van der Waals surface area contributed by atoms with Crippen LogP contribution in [0.15, 0.2) is 42.2 Å². The van der Waals surface area contributed by atoms with Gasteiger partial charge in [0.15, 0.2) is 0 Å². The quantitative estimate of drug-likeness (QED) is 0.771. The Kier molecular flexibility index (Phi) is 3.82. The number of carbonyl (C=O) groups excluding carboxylic acids is 2. The van der Waals surface area contributed by atoms with E-state index in [0.717, 1.165) is 17.3 Å². The lowest BCUT2D eigenvalue weighted by Crippen LogP contribution is -2.07. The van der Waals surface area contributed by atoms with Gasteiger partial charge < -0.3 is 9.47 Å². The number of hydrogen-bond donors (Lipinski definition) is 0. The Morgan fingerprint density at radius 3 is 2.71 bits per heavy atom. The van der Waals surface area contributed by atoms with E-state index < -0.39 is 6.16 Å². The lowest BCUT2D eigenvalue weighted by molar-refractivity contribution is -0.106. The third-order valence-corrected chi connectivity index (χ3v) is 2.88. The van der Waals surface area contributed by atoms with Crippen molar-refractivity contribution in [3.63, 3.8) is 0 Å². The van der Waals surface area contributed by atoms with Gasteiger partial charge in [0.2, 0.25) is 5.12 Å². The maximum Gasteiger partial charge on any atom is 0.513 e. The Morgan fingerprint density at radius 1 is 1.29 bits per heavy atom. The summed E-state index contributed by atoms with van der Waals surface area (Å²) in [6, 6.07) is 9.30. The molecule has 1 aromatic carbocycles. The molecule has 0 bridgehead atoms. The van der Waals surface area contributed by atoms with Crippen LogP contribution in [-0.4, -0.2) is 17.0 Å². The van der Waals surface area contributed by atoms with Crippen LogP contribution in [0.3, 0.4) is 0 Å². The Morgan fingerprint density at radius 2 is 2.06 bits per heavy atom. The summed E-state index contributed by atoms with van der Waals surface area (Å²) in [5.74, 6) is 0.734. The lowest BCUT2D eigenvalue weighted by Gasteiger charge is -2.05. The zero-order valence-corrected chi connectivity index (χ0v) is 9.74. The second-order valence-electron chi connectivity index (χ2n) is 3.34. The van der Waals surface area contributed by atoms with Gasteiger partial charge in [-0.15, -0.1) is 0 Å². The van der Waals surface area contributed by atoms with Crippen LogP contribution in [-0.2, 0) is 20.9 Å². The summed E-state index contributed by atoms with van der Waals surface area (Å²) in [6.45, 7) is 0.161. The van der Waals surface area contributed by atoms with Gasteiger partial charge in [-0.05, 0) is 5.56 Å². The summed E-state index contributed by atoms with van der Waals surface area (Å²) >= 11 is 1.10. The topological polar surface area (TPSA) is 52.6 Å². The molecule has 88 valence electrons. The molecule has 1 aliphatic heterocycles. The largest absolute Gasteiger partial charge is 0.513 e. The summed E-state index contributed by atoms with van der Waals surface area (Å²) in [5.41, 5.74) is 0.885. The summed E-state index contributed by atoms with van der Waals surface area (Å²) in [4.78, 5) is 22.1. The van der Waals surface area contributed by atoms with Gasteiger partial charge in [-0.25, -0.2) is 4.79 Å². The van der Waals surface area contributed by atoms with E-state index in [2.05, 4.69) is 0 Å². The fourth-order valence-corrected chi connectivity index (χ4v) is 1.91. The van der Waals surface area contributed by atoms with Gasteiger partial charge in [-0.3, -0.25) is 4.79 Å². The molecule has 0 saturated carbocycles. The fraction of sp³-hybridized carbons (Fsp3) is 0.167. The average molecular weight is 250 g/mol. The van der Waals surface area contributed by atoms with Gasteiger partial charge in [0.1, 0.15) is 12.4 Å². The smallest absolute Gasteiger partial charge is 0.429 e. The lowest BCUT2D eigenvalue weighted by atomic mass is 10.2. The second kappa shape index (κ2) is 5.54. The van der Waals surface area contributed by atoms with Crippen molar-refractivity contribution in [3.05, 3.63) is 47.7 Å². The van der Waals surface area contributed by atoms with E-state index in [4.69, 9.17) is 9.47 Å². The minimum Gasteiger partial charge on any atom is -0.429 e. The number of hydrogen-bond acceptors (Lipinski definition) is 5. The zero-order valence-electron chi connectivity index (χ0n) is 8.92. The number of carbonyl (C=O) groups is 2. The molecule has 5 heteroatoms. The van der Waals surface area contributed by atoms with Gasteiger partial charge in [-0.2, -0.15) is 0 Å². The molecule has 1 aromatic rings. The normalized spacial score (nSPS) is 14.4. The van der Waals surface area contributed by atoms with E-state index in [1.165, 1.54) is 6.08 Å². The van der Waals surface area contributed by atoms with Gasteiger partial charge in [0, 0.05) is 6.08 Å². The molecule has 0 amide bonds. The van der Waals surface area contributed by atoms with Crippen molar-refractivity contribution < 1.29 is 19.1 Å². The van der Waals surface area contributed by atoms with E-state index >= 15 is 0 Å². The van der Waals surface area contributed by atoms with Crippen LogP contribution in [0, 0.1) is 0 Å². The monoisotopic (exact) mass is 250 g/mol. The van der Waals surface area contributed by atoms with Crippen LogP contribution in [0.1, 0.15) is 5.56 Å². The van der Waals surface area contributed by atoms with Crippen LogP contribution in [0.25, 0.3) is 0 Å². The van der Waals surface area contributed by atoms with Crippen LogP contribution in [0.4, 0.5) is 4.79 Å². The molecule has 0 aliphatic carbocycles. The van der Waals surface area contributed by atoms with Crippen molar-refractivity contribution in [2.45, 2.75) is 6.61 Å². The molecule has 0 fully saturated rings. The highest BCUT2D eigenvalue weighted by Gasteiger charge is 2.17. The van der Waals surface area contributed by atoms with Gasteiger partial charge in [0.05, 0.1) is 5.75 Å². The Labute approximate surface area is 103 Å². The predicted octanol–water partition coefficient (Wildman–Crippen LogP) is 2.50.